The summed E-state index contributed by atoms with van der Waals surface area (Å²) in [5.41, 5.74) is 3.40. The van der Waals surface area contributed by atoms with E-state index in [4.69, 9.17) is 9.47 Å². The first kappa shape index (κ1) is 21.3. The van der Waals surface area contributed by atoms with Gasteiger partial charge in [0.2, 0.25) is 0 Å². The number of nitrogens with zero attached hydrogens (tertiary/aromatic N) is 5. The van der Waals surface area contributed by atoms with Gasteiger partial charge in [0.25, 0.3) is 0 Å². The molecule has 8 heteroatoms. The number of aryl methyl sites for hydroxylation is 2. The van der Waals surface area contributed by atoms with Crippen LogP contribution in [0.5, 0.6) is 11.5 Å². The number of carbonyl (C=O) groups excluding carboxylic acids is 1. The topological polar surface area (TPSA) is 80.7 Å². The molecule has 3 aromatic heterocycles. The third-order valence-corrected chi connectivity index (χ3v) is 6.14. The van der Waals surface area contributed by atoms with Crippen LogP contribution in [0.3, 0.4) is 0 Å². The van der Waals surface area contributed by atoms with Crippen molar-refractivity contribution in [3.8, 4) is 22.8 Å². The van der Waals surface area contributed by atoms with Crippen LogP contribution in [0.4, 0.5) is 10.6 Å². The highest BCUT2D eigenvalue weighted by molar-refractivity contribution is 5.93. The van der Waals surface area contributed by atoms with E-state index >= 15 is 0 Å². The van der Waals surface area contributed by atoms with Crippen LogP contribution in [0.1, 0.15) is 24.2 Å². The average Bonchev–Trinajstić information content (AvgIpc) is 3.23. The highest BCUT2D eigenvalue weighted by Crippen LogP contribution is 2.30. The fourth-order valence-electron chi connectivity index (χ4n) is 4.27. The zero-order chi connectivity index (χ0) is 22.8. The summed E-state index contributed by atoms with van der Waals surface area (Å²) in [7, 11) is 0. The van der Waals surface area contributed by atoms with E-state index in [1.807, 2.05) is 55.1 Å². The Bertz CT molecular complexity index is 1150. The molecule has 2 aliphatic rings. The molecule has 2 amide bonds. The average molecular weight is 446 g/mol. The number of rotatable bonds is 5. The Balaban J connectivity index is 1.30. The molecule has 2 fully saturated rings. The predicted octanol–water partition coefficient (Wildman–Crippen LogP) is 4.37. The first-order valence-electron chi connectivity index (χ1n) is 11.3. The number of amides is 2. The summed E-state index contributed by atoms with van der Waals surface area (Å²) in [5, 5.41) is 0. The van der Waals surface area contributed by atoms with E-state index in [1.54, 1.807) is 17.3 Å². The molecule has 2 aliphatic heterocycles. The molecule has 33 heavy (non-hydrogen) atoms. The third kappa shape index (κ3) is 4.52. The molecule has 0 unspecified atom stereocenters. The minimum absolute atomic E-state index is 0.0213. The maximum atomic E-state index is 13.0. The van der Waals surface area contributed by atoms with Crippen molar-refractivity contribution in [2.75, 3.05) is 31.2 Å². The number of pyridine rings is 3. The summed E-state index contributed by atoms with van der Waals surface area (Å²) in [6.07, 6.45) is 5.31. The van der Waals surface area contributed by atoms with Crippen molar-refractivity contribution in [2.45, 2.75) is 32.7 Å². The van der Waals surface area contributed by atoms with E-state index in [0.717, 1.165) is 55.2 Å². The van der Waals surface area contributed by atoms with Crippen LogP contribution in [-0.4, -0.2) is 58.2 Å². The Kier molecular flexibility index (Phi) is 5.92. The summed E-state index contributed by atoms with van der Waals surface area (Å²) in [5.74, 6) is 1.97. The molecular formula is C25H27N5O3. The molecule has 0 bridgehead atoms. The van der Waals surface area contributed by atoms with Crippen molar-refractivity contribution >= 4 is 11.8 Å². The van der Waals surface area contributed by atoms with Crippen LogP contribution in [0.2, 0.25) is 0 Å². The first-order valence-corrected chi connectivity index (χ1v) is 11.3. The number of carbonyl (C=O) groups is 1. The van der Waals surface area contributed by atoms with E-state index in [2.05, 4.69) is 15.0 Å². The molecule has 0 radical (unpaired) electrons. The van der Waals surface area contributed by atoms with Gasteiger partial charge in [0.05, 0.1) is 11.4 Å². The number of anilines is 1. The molecule has 0 spiro atoms. The fraction of sp³-hybridized carbons (Fsp3) is 0.360. The predicted molar refractivity (Wildman–Crippen MR) is 125 cm³/mol. The van der Waals surface area contributed by atoms with E-state index in [9.17, 15) is 4.79 Å². The van der Waals surface area contributed by atoms with Gasteiger partial charge in [-0.25, -0.2) is 9.78 Å². The van der Waals surface area contributed by atoms with Crippen molar-refractivity contribution < 1.29 is 14.3 Å². The Morgan fingerprint density at radius 3 is 2.64 bits per heavy atom. The van der Waals surface area contributed by atoms with Gasteiger partial charge in [-0.05, 0) is 57.0 Å². The Morgan fingerprint density at radius 1 is 1.03 bits per heavy atom. The lowest BCUT2D eigenvalue weighted by Crippen LogP contribution is -2.42. The number of aromatic nitrogens is 3. The Morgan fingerprint density at radius 2 is 1.88 bits per heavy atom. The van der Waals surface area contributed by atoms with E-state index in [-0.39, 0.29) is 12.1 Å². The van der Waals surface area contributed by atoms with E-state index in [1.165, 1.54) is 0 Å². The lowest BCUT2D eigenvalue weighted by Gasteiger charge is -2.30. The van der Waals surface area contributed by atoms with Crippen molar-refractivity contribution in [3.05, 3.63) is 60.2 Å². The maximum absolute atomic E-state index is 13.0. The first-order chi connectivity index (χ1) is 16.1. The summed E-state index contributed by atoms with van der Waals surface area (Å²) < 4.78 is 11.5. The second kappa shape index (κ2) is 9.15. The standard InChI is InChI=1S/C25H27N5O3/c1-17-3-4-19(16-27-17)22-15-21(7-10-26-22)33-23-5-6-24(28-18(23)2)30-12-11-29(25(30)31)20-8-13-32-14-9-20/h3-7,10,15-16,20H,8-9,11-14H2,1-2H3. The molecule has 170 valence electrons. The van der Waals surface area contributed by atoms with Crippen molar-refractivity contribution in [1.82, 2.24) is 19.9 Å². The largest absolute Gasteiger partial charge is 0.455 e. The van der Waals surface area contributed by atoms with Gasteiger partial charge in [0, 0.05) is 62.1 Å². The number of hydrogen-bond acceptors (Lipinski definition) is 6. The number of hydrogen-bond donors (Lipinski definition) is 0. The monoisotopic (exact) mass is 445 g/mol. The minimum atomic E-state index is 0.0213. The fourth-order valence-corrected chi connectivity index (χ4v) is 4.27. The Labute approximate surface area is 193 Å². The summed E-state index contributed by atoms with van der Waals surface area (Å²) in [6, 6.07) is 11.6. The summed E-state index contributed by atoms with van der Waals surface area (Å²) >= 11 is 0. The highest BCUT2D eigenvalue weighted by Gasteiger charge is 2.35. The molecule has 2 saturated heterocycles. The van der Waals surface area contributed by atoms with Gasteiger partial charge in [0.1, 0.15) is 17.3 Å². The molecule has 0 N–H and O–H groups in total. The quantitative estimate of drug-likeness (QED) is 0.580. The van der Waals surface area contributed by atoms with Gasteiger partial charge < -0.3 is 14.4 Å². The summed E-state index contributed by atoms with van der Waals surface area (Å²) in [4.78, 5) is 30.2. The number of ether oxygens (including phenoxy) is 2. The van der Waals surface area contributed by atoms with Gasteiger partial charge in [-0.2, -0.15) is 0 Å². The molecule has 0 aliphatic carbocycles. The smallest absolute Gasteiger partial charge is 0.326 e. The van der Waals surface area contributed by atoms with Crippen molar-refractivity contribution in [2.24, 2.45) is 0 Å². The van der Waals surface area contributed by atoms with Gasteiger partial charge in [0.15, 0.2) is 0 Å². The lowest BCUT2D eigenvalue weighted by molar-refractivity contribution is 0.0520. The number of urea groups is 1. The van der Waals surface area contributed by atoms with Crippen LogP contribution in [-0.2, 0) is 4.74 Å². The maximum Gasteiger partial charge on any atom is 0.326 e. The molecule has 8 nitrogen and oxygen atoms in total. The SMILES string of the molecule is Cc1ccc(-c2cc(Oc3ccc(N4CCN(C5CCOCC5)C4=O)nc3C)ccn2)cn1. The van der Waals surface area contributed by atoms with Crippen molar-refractivity contribution in [1.29, 1.82) is 0 Å². The molecule has 5 heterocycles. The third-order valence-electron chi connectivity index (χ3n) is 6.14. The van der Waals surface area contributed by atoms with Crippen LogP contribution in [0, 0.1) is 13.8 Å². The molecule has 0 aromatic carbocycles. The van der Waals surface area contributed by atoms with Gasteiger partial charge in [-0.3, -0.25) is 14.9 Å². The second-order valence-corrected chi connectivity index (χ2v) is 8.39. The zero-order valence-corrected chi connectivity index (χ0v) is 18.9. The van der Waals surface area contributed by atoms with E-state index < -0.39 is 0 Å². The minimum Gasteiger partial charge on any atom is -0.455 e. The van der Waals surface area contributed by atoms with Crippen LogP contribution in [0.25, 0.3) is 11.3 Å². The Hall–Kier alpha value is -3.52. The molecule has 3 aromatic rings. The van der Waals surface area contributed by atoms with Gasteiger partial charge in [-0.1, -0.05) is 0 Å². The molecular weight excluding hydrogens is 418 g/mol. The lowest BCUT2D eigenvalue weighted by atomic mass is 10.1. The zero-order valence-electron chi connectivity index (χ0n) is 18.9. The highest BCUT2D eigenvalue weighted by atomic mass is 16.5. The van der Waals surface area contributed by atoms with Gasteiger partial charge in [-0.15, -0.1) is 0 Å². The van der Waals surface area contributed by atoms with Crippen LogP contribution >= 0.6 is 0 Å². The second-order valence-electron chi connectivity index (χ2n) is 8.39. The van der Waals surface area contributed by atoms with Crippen LogP contribution < -0.4 is 9.64 Å². The molecule has 0 atom stereocenters. The van der Waals surface area contributed by atoms with Crippen molar-refractivity contribution in [3.63, 3.8) is 0 Å². The van der Waals surface area contributed by atoms with Crippen LogP contribution in [0.15, 0.2) is 48.8 Å². The molecule has 5 rings (SSSR count). The normalized spacial score (nSPS) is 17.0. The molecule has 0 saturated carbocycles. The van der Waals surface area contributed by atoms with E-state index in [0.29, 0.717) is 23.9 Å². The van der Waals surface area contributed by atoms with Gasteiger partial charge >= 0.3 is 6.03 Å². The summed E-state index contributed by atoms with van der Waals surface area (Å²) in [6.45, 7) is 6.64.